The normalized spacial score (nSPS) is 15.1. The lowest BCUT2D eigenvalue weighted by atomic mass is 10.1. The summed E-state index contributed by atoms with van der Waals surface area (Å²) < 4.78 is 0. The van der Waals surface area contributed by atoms with E-state index in [4.69, 9.17) is 0 Å². The molecule has 1 aliphatic carbocycles. The number of nitrogens with one attached hydrogen (secondary N) is 2. The van der Waals surface area contributed by atoms with Crippen molar-refractivity contribution in [2.45, 2.75) is 44.7 Å². The average Bonchev–Trinajstić information content (AvgIpc) is 3.14. The summed E-state index contributed by atoms with van der Waals surface area (Å²) in [6.45, 7) is 2.16. The van der Waals surface area contributed by atoms with Gasteiger partial charge in [-0.15, -0.1) is 0 Å². The molecule has 1 fully saturated rings. The molecule has 2 nitrogen and oxygen atoms in total. The summed E-state index contributed by atoms with van der Waals surface area (Å²) in [6.07, 6.45) is 6.59. The Hall–Kier alpha value is -0.860. The smallest absolute Gasteiger partial charge is 0.0202 e. The van der Waals surface area contributed by atoms with Crippen LogP contribution in [0.15, 0.2) is 24.3 Å². The molecule has 0 heterocycles. The van der Waals surface area contributed by atoms with Crippen molar-refractivity contribution < 1.29 is 0 Å². The van der Waals surface area contributed by atoms with E-state index in [9.17, 15) is 0 Å². The lowest BCUT2D eigenvalue weighted by Crippen LogP contribution is -2.17. The molecule has 0 atom stereocenters. The van der Waals surface area contributed by atoms with Gasteiger partial charge in [-0.3, -0.25) is 0 Å². The van der Waals surface area contributed by atoms with Crippen LogP contribution in [0.25, 0.3) is 0 Å². The maximum atomic E-state index is 3.56. The van der Waals surface area contributed by atoms with Crippen LogP contribution in [0, 0.1) is 0 Å². The third kappa shape index (κ3) is 4.88. The predicted octanol–water partition coefficient (Wildman–Crippen LogP) is 2.48. The van der Waals surface area contributed by atoms with E-state index < -0.39 is 0 Å². The van der Waals surface area contributed by atoms with Gasteiger partial charge in [0.1, 0.15) is 0 Å². The molecule has 0 bridgehead atoms. The third-order valence-electron chi connectivity index (χ3n) is 3.27. The Labute approximate surface area is 105 Å². The highest BCUT2D eigenvalue weighted by molar-refractivity contribution is 5.23. The van der Waals surface area contributed by atoms with Crippen LogP contribution in [0.5, 0.6) is 0 Å². The Morgan fingerprint density at radius 1 is 1.18 bits per heavy atom. The van der Waals surface area contributed by atoms with Gasteiger partial charge in [0.25, 0.3) is 0 Å². The molecule has 1 aromatic rings. The fourth-order valence-corrected chi connectivity index (χ4v) is 2.15. The van der Waals surface area contributed by atoms with Gasteiger partial charge in [0.15, 0.2) is 0 Å². The molecule has 0 spiro atoms. The van der Waals surface area contributed by atoms with Crippen molar-refractivity contribution in [1.29, 1.82) is 0 Å². The zero-order valence-electron chi connectivity index (χ0n) is 10.8. The standard InChI is InChI=1S/C15H24N2/c1-16-12-14-7-4-6-13(11-14)5-2-3-10-17-15-8-9-15/h4,6-7,11,15-17H,2-3,5,8-10,12H2,1H3. The van der Waals surface area contributed by atoms with E-state index in [-0.39, 0.29) is 0 Å². The van der Waals surface area contributed by atoms with Crippen LogP contribution in [0.3, 0.4) is 0 Å². The van der Waals surface area contributed by atoms with Crippen molar-refractivity contribution in [3.63, 3.8) is 0 Å². The summed E-state index contributed by atoms with van der Waals surface area (Å²) in [5, 5.41) is 6.76. The molecule has 2 rings (SSSR count). The first-order valence-corrected chi connectivity index (χ1v) is 6.84. The summed E-state index contributed by atoms with van der Waals surface area (Å²) in [5.41, 5.74) is 2.87. The average molecular weight is 232 g/mol. The summed E-state index contributed by atoms with van der Waals surface area (Å²) in [7, 11) is 2.00. The van der Waals surface area contributed by atoms with Gasteiger partial charge in [-0.25, -0.2) is 0 Å². The number of hydrogen-bond acceptors (Lipinski definition) is 2. The first-order chi connectivity index (χ1) is 8.38. The Kier molecular flexibility index (Phi) is 5.02. The molecule has 0 amide bonds. The molecule has 0 unspecified atom stereocenters. The van der Waals surface area contributed by atoms with Gasteiger partial charge in [-0.1, -0.05) is 24.3 Å². The van der Waals surface area contributed by atoms with E-state index in [2.05, 4.69) is 34.9 Å². The predicted molar refractivity (Wildman–Crippen MR) is 73.2 cm³/mol. The number of rotatable bonds is 8. The molecule has 1 aliphatic rings. The molecule has 17 heavy (non-hydrogen) atoms. The summed E-state index contributed by atoms with van der Waals surface area (Å²) in [5.74, 6) is 0. The molecule has 94 valence electrons. The zero-order chi connectivity index (χ0) is 11.9. The number of aryl methyl sites for hydroxylation is 1. The highest BCUT2D eigenvalue weighted by atomic mass is 14.9. The van der Waals surface area contributed by atoms with Crippen LogP contribution in [0.2, 0.25) is 0 Å². The maximum absolute atomic E-state index is 3.56. The molecule has 2 heteroatoms. The second-order valence-corrected chi connectivity index (χ2v) is 5.04. The largest absolute Gasteiger partial charge is 0.316 e. The number of benzene rings is 1. The Balaban J connectivity index is 1.64. The van der Waals surface area contributed by atoms with E-state index >= 15 is 0 Å². The van der Waals surface area contributed by atoms with Crippen LogP contribution < -0.4 is 10.6 Å². The van der Waals surface area contributed by atoms with Crippen molar-refractivity contribution in [2.75, 3.05) is 13.6 Å². The highest BCUT2D eigenvalue weighted by Gasteiger charge is 2.19. The monoisotopic (exact) mass is 232 g/mol. The second kappa shape index (κ2) is 6.77. The van der Waals surface area contributed by atoms with Crippen molar-refractivity contribution >= 4 is 0 Å². The fraction of sp³-hybridized carbons (Fsp3) is 0.600. The van der Waals surface area contributed by atoms with Gasteiger partial charge in [0, 0.05) is 12.6 Å². The third-order valence-corrected chi connectivity index (χ3v) is 3.27. The highest BCUT2D eigenvalue weighted by Crippen LogP contribution is 2.18. The molecular weight excluding hydrogens is 208 g/mol. The van der Waals surface area contributed by atoms with Crippen LogP contribution in [0.1, 0.15) is 36.8 Å². The van der Waals surface area contributed by atoms with Crippen molar-refractivity contribution in [3.8, 4) is 0 Å². The van der Waals surface area contributed by atoms with Gasteiger partial charge in [0.2, 0.25) is 0 Å². The van der Waals surface area contributed by atoms with Crippen LogP contribution in [-0.2, 0) is 13.0 Å². The van der Waals surface area contributed by atoms with Gasteiger partial charge in [0.05, 0.1) is 0 Å². The number of hydrogen-bond donors (Lipinski definition) is 2. The van der Waals surface area contributed by atoms with Crippen molar-refractivity contribution in [1.82, 2.24) is 10.6 Å². The fourth-order valence-electron chi connectivity index (χ4n) is 2.15. The van der Waals surface area contributed by atoms with E-state index in [1.807, 2.05) is 7.05 Å². The minimum Gasteiger partial charge on any atom is -0.316 e. The lowest BCUT2D eigenvalue weighted by molar-refractivity contribution is 0.619. The topological polar surface area (TPSA) is 24.1 Å². The van der Waals surface area contributed by atoms with Crippen LogP contribution >= 0.6 is 0 Å². The second-order valence-electron chi connectivity index (χ2n) is 5.04. The molecule has 0 aromatic heterocycles. The molecule has 0 radical (unpaired) electrons. The van der Waals surface area contributed by atoms with Gasteiger partial charge in [-0.05, 0) is 56.8 Å². The lowest BCUT2D eigenvalue weighted by Gasteiger charge is -2.05. The Morgan fingerprint density at radius 2 is 2.00 bits per heavy atom. The first-order valence-electron chi connectivity index (χ1n) is 6.84. The van der Waals surface area contributed by atoms with Crippen molar-refractivity contribution in [2.24, 2.45) is 0 Å². The van der Waals surface area contributed by atoms with E-state index in [1.54, 1.807) is 0 Å². The van der Waals surface area contributed by atoms with Crippen LogP contribution in [-0.4, -0.2) is 19.6 Å². The molecule has 1 aromatic carbocycles. The Bertz CT molecular complexity index is 331. The van der Waals surface area contributed by atoms with Crippen LogP contribution in [0.4, 0.5) is 0 Å². The summed E-state index contributed by atoms with van der Waals surface area (Å²) in [4.78, 5) is 0. The molecule has 2 N–H and O–H groups in total. The quantitative estimate of drug-likeness (QED) is 0.673. The summed E-state index contributed by atoms with van der Waals surface area (Å²) >= 11 is 0. The molecular formula is C15H24N2. The first kappa shape index (κ1) is 12.6. The minimum absolute atomic E-state index is 0.856. The minimum atomic E-state index is 0.856. The molecule has 1 saturated carbocycles. The van der Waals surface area contributed by atoms with Gasteiger partial charge in [-0.2, -0.15) is 0 Å². The van der Waals surface area contributed by atoms with E-state index in [0.29, 0.717) is 0 Å². The maximum Gasteiger partial charge on any atom is 0.0202 e. The molecule has 0 saturated heterocycles. The van der Waals surface area contributed by atoms with E-state index in [1.165, 1.54) is 49.8 Å². The van der Waals surface area contributed by atoms with Crippen molar-refractivity contribution in [3.05, 3.63) is 35.4 Å². The zero-order valence-corrected chi connectivity index (χ0v) is 10.8. The van der Waals surface area contributed by atoms with Gasteiger partial charge >= 0.3 is 0 Å². The molecule has 0 aliphatic heterocycles. The Morgan fingerprint density at radius 3 is 2.76 bits per heavy atom. The van der Waals surface area contributed by atoms with Gasteiger partial charge < -0.3 is 10.6 Å². The van der Waals surface area contributed by atoms with E-state index in [0.717, 1.165) is 12.6 Å². The number of unbranched alkanes of at least 4 members (excludes halogenated alkanes) is 1. The summed E-state index contributed by atoms with van der Waals surface area (Å²) in [6, 6.07) is 9.78. The SMILES string of the molecule is CNCc1cccc(CCCCNC2CC2)c1.